The van der Waals surface area contributed by atoms with E-state index in [1.54, 1.807) is 7.11 Å². The van der Waals surface area contributed by atoms with Gasteiger partial charge >= 0.3 is 0 Å². The van der Waals surface area contributed by atoms with E-state index in [1.807, 2.05) is 54.3 Å². The molecule has 0 fully saturated rings. The number of halogens is 1. The van der Waals surface area contributed by atoms with Crippen LogP contribution in [0.2, 0.25) is 5.02 Å². The van der Waals surface area contributed by atoms with Crippen molar-refractivity contribution in [3.63, 3.8) is 0 Å². The molecular weight excluding hydrogens is 300 g/mol. The zero-order chi connectivity index (χ0) is 16.1. The van der Waals surface area contributed by atoms with Crippen molar-refractivity contribution in [3.8, 4) is 5.75 Å². The summed E-state index contributed by atoms with van der Waals surface area (Å²) in [4.78, 5) is 13.3. The van der Waals surface area contributed by atoms with Crippen molar-refractivity contribution in [3.05, 3.63) is 58.6 Å². The van der Waals surface area contributed by atoms with Crippen LogP contribution in [0.4, 0.5) is 5.69 Å². The summed E-state index contributed by atoms with van der Waals surface area (Å²) >= 11 is 6.18. The van der Waals surface area contributed by atoms with Crippen LogP contribution in [0.1, 0.15) is 11.1 Å². The Kier molecular flexibility index (Phi) is 5.28. The van der Waals surface area contributed by atoms with Gasteiger partial charge in [0.2, 0.25) is 5.91 Å². The van der Waals surface area contributed by atoms with E-state index < -0.39 is 0 Å². The van der Waals surface area contributed by atoms with Gasteiger partial charge in [0, 0.05) is 17.3 Å². The molecule has 5 heteroatoms. The number of hydrogen-bond donors (Lipinski definition) is 1. The summed E-state index contributed by atoms with van der Waals surface area (Å²) in [6.07, 6.45) is 0. The fraction of sp³-hybridized carbons (Fsp3) is 0.235. The first kappa shape index (κ1) is 16.2. The average Bonchev–Trinajstić information content (AvgIpc) is 2.50. The molecule has 0 aliphatic rings. The lowest BCUT2D eigenvalue weighted by Crippen LogP contribution is -2.33. The van der Waals surface area contributed by atoms with Crippen LogP contribution in [0, 0.1) is 6.92 Å². The van der Waals surface area contributed by atoms with Gasteiger partial charge in [0.25, 0.3) is 0 Å². The van der Waals surface area contributed by atoms with Gasteiger partial charge in [-0.15, -0.1) is 0 Å². The zero-order valence-electron chi connectivity index (χ0n) is 12.7. The molecule has 0 aliphatic heterocycles. The van der Waals surface area contributed by atoms with E-state index in [4.69, 9.17) is 22.1 Å². The van der Waals surface area contributed by atoms with Gasteiger partial charge in [-0.1, -0.05) is 29.8 Å². The maximum atomic E-state index is 11.4. The van der Waals surface area contributed by atoms with Crippen LogP contribution in [0.3, 0.4) is 0 Å². The van der Waals surface area contributed by atoms with Crippen molar-refractivity contribution in [2.24, 2.45) is 5.73 Å². The van der Waals surface area contributed by atoms with Crippen molar-refractivity contribution in [1.82, 2.24) is 0 Å². The third kappa shape index (κ3) is 3.92. The van der Waals surface area contributed by atoms with E-state index >= 15 is 0 Å². The molecule has 0 saturated heterocycles. The Morgan fingerprint density at radius 3 is 2.50 bits per heavy atom. The molecule has 0 atom stereocenters. The van der Waals surface area contributed by atoms with E-state index in [-0.39, 0.29) is 12.5 Å². The summed E-state index contributed by atoms with van der Waals surface area (Å²) < 4.78 is 5.15. The monoisotopic (exact) mass is 318 g/mol. The molecule has 0 heterocycles. The molecular formula is C17H19ClN2O2. The summed E-state index contributed by atoms with van der Waals surface area (Å²) in [5.74, 6) is 0.414. The van der Waals surface area contributed by atoms with Gasteiger partial charge in [0.05, 0.1) is 13.7 Å². The summed E-state index contributed by atoms with van der Waals surface area (Å²) in [6, 6.07) is 13.3. The van der Waals surface area contributed by atoms with E-state index in [9.17, 15) is 4.79 Å². The smallest absolute Gasteiger partial charge is 0.236 e. The Labute approximate surface area is 135 Å². The number of carbonyl (C=O) groups is 1. The van der Waals surface area contributed by atoms with Crippen molar-refractivity contribution < 1.29 is 9.53 Å². The third-order valence-corrected chi connectivity index (χ3v) is 3.87. The number of hydrogen-bond acceptors (Lipinski definition) is 3. The molecule has 0 spiro atoms. The SMILES string of the molecule is COc1ccc(CN(CC(N)=O)c2cccc(Cl)c2C)cc1. The molecule has 2 aromatic rings. The molecule has 2 N–H and O–H groups in total. The largest absolute Gasteiger partial charge is 0.497 e. The number of anilines is 1. The summed E-state index contributed by atoms with van der Waals surface area (Å²) in [5.41, 5.74) is 8.28. The van der Waals surface area contributed by atoms with E-state index in [0.717, 1.165) is 22.6 Å². The summed E-state index contributed by atoms with van der Waals surface area (Å²) in [7, 11) is 1.63. The molecule has 4 nitrogen and oxygen atoms in total. The van der Waals surface area contributed by atoms with Crippen molar-refractivity contribution in [2.45, 2.75) is 13.5 Å². The first-order chi connectivity index (χ1) is 10.5. The molecule has 116 valence electrons. The fourth-order valence-electron chi connectivity index (χ4n) is 2.30. The fourth-order valence-corrected chi connectivity index (χ4v) is 2.47. The molecule has 2 rings (SSSR count). The molecule has 0 aromatic heterocycles. The number of amides is 1. The predicted molar refractivity (Wildman–Crippen MR) is 89.4 cm³/mol. The minimum absolute atomic E-state index is 0.132. The van der Waals surface area contributed by atoms with Crippen LogP contribution < -0.4 is 15.4 Å². The minimum Gasteiger partial charge on any atom is -0.497 e. The number of rotatable bonds is 6. The van der Waals surface area contributed by atoms with Crippen LogP contribution in [-0.2, 0) is 11.3 Å². The van der Waals surface area contributed by atoms with Gasteiger partial charge in [-0.25, -0.2) is 0 Å². The Balaban J connectivity index is 2.29. The molecule has 1 amide bonds. The second-order valence-electron chi connectivity index (χ2n) is 5.05. The molecule has 0 saturated carbocycles. The molecule has 0 radical (unpaired) electrons. The van der Waals surface area contributed by atoms with Crippen LogP contribution in [-0.4, -0.2) is 19.6 Å². The highest BCUT2D eigenvalue weighted by molar-refractivity contribution is 6.31. The minimum atomic E-state index is -0.382. The number of benzene rings is 2. The number of methoxy groups -OCH3 is 1. The lowest BCUT2D eigenvalue weighted by atomic mass is 10.1. The van der Waals surface area contributed by atoms with Gasteiger partial charge in [-0.2, -0.15) is 0 Å². The van der Waals surface area contributed by atoms with Crippen LogP contribution in [0.25, 0.3) is 0 Å². The van der Waals surface area contributed by atoms with Crippen LogP contribution >= 0.6 is 11.6 Å². The van der Waals surface area contributed by atoms with Gasteiger partial charge < -0.3 is 15.4 Å². The second-order valence-corrected chi connectivity index (χ2v) is 5.46. The highest BCUT2D eigenvalue weighted by atomic mass is 35.5. The van der Waals surface area contributed by atoms with Crippen LogP contribution in [0.15, 0.2) is 42.5 Å². The predicted octanol–water partition coefficient (Wildman–Crippen LogP) is 3.15. The van der Waals surface area contributed by atoms with E-state index in [1.165, 1.54) is 0 Å². The van der Waals surface area contributed by atoms with Gasteiger partial charge in [-0.05, 0) is 42.3 Å². The topological polar surface area (TPSA) is 55.6 Å². The Morgan fingerprint density at radius 1 is 1.23 bits per heavy atom. The molecule has 0 bridgehead atoms. The highest BCUT2D eigenvalue weighted by Gasteiger charge is 2.14. The van der Waals surface area contributed by atoms with E-state index in [0.29, 0.717) is 11.6 Å². The molecule has 0 aliphatic carbocycles. The third-order valence-electron chi connectivity index (χ3n) is 3.46. The lowest BCUT2D eigenvalue weighted by Gasteiger charge is -2.25. The highest BCUT2D eigenvalue weighted by Crippen LogP contribution is 2.27. The average molecular weight is 319 g/mol. The van der Waals surface area contributed by atoms with E-state index in [2.05, 4.69) is 0 Å². The number of carbonyl (C=O) groups excluding carboxylic acids is 1. The number of primary amides is 1. The van der Waals surface area contributed by atoms with Gasteiger partial charge in [-0.3, -0.25) is 4.79 Å². The van der Waals surface area contributed by atoms with Gasteiger partial charge in [0.15, 0.2) is 0 Å². The van der Waals surface area contributed by atoms with Crippen LogP contribution in [0.5, 0.6) is 5.75 Å². The van der Waals surface area contributed by atoms with Crippen molar-refractivity contribution in [1.29, 1.82) is 0 Å². The first-order valence-corrected chi connectivity index (χ1v) is 7.30. The summed E-state index contributed by atoms with van der Waals surface area (Å²) in [6.45, 7) is 2.63. The lowest BCUT2D eigenvalue weighted by molar-refractivity contribution is -0.116. The Bertz CT molecular complexity index is 656. The molecule has 0 unspecified atom stereocenters. The Hall–Kier alpha value is -2.20. The van der Waals surface area contributed by atoms with Gasteiger partial charge in [0.1, 0.15) is 5.75 Å². The van der Waals surface area contributed by atoms with Crippen molar-refractivity contribution >= 4 is 23.2 Å². The normalized spacial score (nSPS) is 10.3. The quantitative estimate of drug-likeness (QED) is 0.890. The number of ether oxygens (including phenoxy) is 1. The number of nitrogens with two attached hydrogens (primary N) is 1. The summed E-state index contributed by atoms with van der Waals surface area (Å²) in [5, 5.41) is 0.668. The molecule has 2 aromatic carbocycles. The van der Waals surface area contributed by atoms with Crippen molar-refractivity contribution in [2.75, 3.05) is 18.6 Å². The first-order valence-electron chi connectivity index (χ1n) is 6.92. The maximum Gasteiger partial charge on any atom is 0.236 e. The second kappa shape index (κ2) is 7.18. The number of nitrogens with zero attached hydrogens (tertiary/aromatic N) is 1. The zero-order valence-corrected chi connectivity index (χ0v) is 13.4. The standard InChI is InChI=1S/C17H19ClN2O2/c1-12-15(18)4-3-5-16(12)20(11-17(19)21)10-13-6-8-14(22-2)9-7-13/h3-9H,10-11H2,1-2H3,(H2,19,21). The molecule has 22 heavy (non-hydrogen) atoms. The maximum absolute atomic E-state index is 11.4. The Morgan fingerprint density at radius 2 is 1.91 bits per heavy atom.